The molecule has 0 spiro atoms. The molecule has 1 aliphatic rings. The molecule has 0 aliphatic heterocycles. The Balaban J connectivity index is 1.48. The summed E-state index contributed by atoms with van der Waals surface area (Å²) in [6, 6.07) is 15.3. The first-order valence-corrected chi connectivity index (χ1v) is 12.9. The molecule has 5 nitrogen and oxygen atoms in total. The normalized spacial score (nSPS) is 20.6. The number of unbranched alkanes of at least 4 members (excludes halogenated alkanes) is 3. The largest absolute Gasteiger partial charge is 0.514 e. The molecule has 0 radical (unpaired) electrons. The standard InChI is InChI=1S/C29H40N2O3/c1-5-6-7-8-9-23-11-13-24(14-12-23)30-31-25-15-17-26(18-16-25)33-29(32)34-28-20-22(4)10-19-27(28)21(2)3/h11-18,21-22,27-28H,5-10,19-20H2,1-4H3/t22-,27+,28?/m1/s1. The van der Waals surface area contributed by atoms with Crippen molar-refractivity contribution in [3.05, 3.63) is 54.1 Å². The Kier molecular flexibility index (Phi) is 10.1. The number of ether oxygens (including phenoxy) is 2. The van der Waals surface area contributed by atoms with Gasteiger partial charge in [0.15, 0.2) is 0 Å². The Labute approximate surface area is 205 Å². The van der Waals surface area contributed by atoms with Crippen molar-refractivity contribution in [1.82, 2.24) is 0 Å². The number of nitrogens with zero attached hydrogens (tertiary/aromatic N) is 2. The number of rotatable bonds is 10. The van der Waals surface area contributed by atoms with Crippen molar-refractivity contribution in [3.8, 4) is 5.75 Å². The van der Waals surface area contributed by atoms with Crippen LogP contribution in [-0.2, 0) is 11.2 Å². The number of azo groups is 1. The van der Waals surface area contributed by atoms with Gasteiger partial charge in [-0.05, 0) is 85.4 Å². The SMILES string of the molecule is CCCCCCc1ccc(N=Nc2ccc(OC(=O)OC3C[C@H](C)CC[C@H]3C(C)C)cc2)cc1. The fourth-order valence-electron chi connectivity index (χ4n) is 4.68. The minimum absolute atomic E-state index is 0.0768. The molecular formula is C29H40N2O3. The van der Waals surface area contributed by atoms with E-state index in [-0.39, 0.29) is 6.10 Å². The average Bonchev–Trinajstić information content (AvgIpc) is 2.82. The van der Waals surface area contributed by atoms with Crippen molar-refractivity contribution < 1.29 is 14.3 Å². The molecule has 34 heavy (non-hydrogen) atoms. The lowest BCUT2D eigenvalue weighted by Crippen LogP contribution is -2.36. The molecule has 1 unspecified atom stereocenters. The second kappa shape index (κ2) is 13.3. The number of hydrogen-bond acceptors (Lipinski definition) is 5. The van der Waals surface area contributed by atoms with Crippen LogP contribution in [0.25, 0.3) is 0 Å². The summed E-state index contributed by atoms with van der Waals surface area (Å²) in [7, 11) is 0. The van der Waals surface area contributed by atoms with Crippen molar-refractivity contribution in [2.75, 3.05) is 0 Å². The highest BCUT2D eigenvalue weighted by Gasteiger charge is 2.33. The van der Waals surface area contributed by atoms with Gasteiger partial charge in [-0.25, -0.2) is 4.79 Å². The predicted octanol–water partition coefficient (Wildman–Crippen LogP) is 9.20. The highest BCUT2D eigenvalue weighted by molar-refractivity contribution is 5.64. The van der Waals surface area contributed by atoms with Gasteiger partial charge in [-0.1, -0.05) is 65.5 Å². The van der Waals surface area contributed by atoms with Crippen LogP contribution in [0, 0.1) is 17.8 Å². The fourth-order valence-corrected chi connectivity index (χ4v) is 4.68. The molecule has 2 aromatic carbocycles. The van der Waals surface area contributed by atoms with E-state index >= 15 is 0 Å². The van der Waals surface area contributed by atoms with Crippen LogP contribution >= 0.6 is 0 Å². The highest BCUT2D eigenvalue weighted by Crippen LogP contribution is 2.35. The molecule has 0 heterocycles. The van der Waals surface area contributed by atoms with Crippen LogP contribution < -0.4 is 4.74 Å². The van der Waals surface area contributed by atoms with Crippen LogP contribution in [0.4, 0.5) is 16.2 Å². The molecule has 1 fully saturated rings. The van der Waals surface area contributed by atoms with Gasteiger partial charge >= 0.3 is 6.16 Å². The monoisotopic (exact) mass is 464 g/mol. The first kappa shape index (κ1) is 25.9. The van der Waals surface area contributed by atoms with E-state index in [4.69, 9.17) is 9.47 Å². The second-order valence-corrected chi connectivity index (χ2v) is 10.0. The Morgan fingerprint density at radius 2 is 1.59 bits per heavy atom. The van der Waals surface area contributed by atoms with E-state index in [0.29, 0.717) is 29.2 Å². The Morgan fingerprint density at radius 3 is 2.21 bits per heavy atom. The zero-order chi connectivity index (χ0) is 24.3. The van der Waals surface area contributed by atoms with E-state index in [2.05, 4.69) is 50.1 Å². The van der Waals surface area contributed by atoms with Crippen LogP contribution in [0.15, 0.2) is 58.8 Å². The third-order valence-electron chi connectivity index (χ3n) is 6.78. The molecule has 5 heteroatoms. The summed E-state index contributed by atoms with van der Waals surface area (Å²) < 4.78 is 11.1. The van der Waals surface area contributed by atoms with Gasteiger partial charge in [0.2, 0.25) is 0 Å². The van der Waals surface area contributed by atoms with E-state index < -0.39 is 6.16 Å². The van der Waals surface area contributed by atoms with E-state index in [1.54, 1.807) is 24.3 Å². The van der Waals surface area contributed by atoms with Gasteiger partial charge in [-0.3, -0.25) is 0 Å². The van der Waals surface area contributed by atoms with E-state index in [1.165, 1.54) is 37.7 Å². The number of hydrogen-bond donors (Lipinski definition) is 0. The molecule has 0 N–H and O–H groups in total. The lowest BCUT2D eigenvalue weighted by molar-refractivity contribution is -0.0136. The molecule has 0 bridgehead atoms. The third kappa shape index (κ3) is 8.27. The zero-order valence-electron chi connectivity index (χ0n) is 21.2. The number of aryl methyl sites for hydroxylation is 1. The smallest absolute Gasteiger partial charge is 0.430 e. The van der Waals surface area contributed by atoms with Gasteiger partial charge < -0.3 is 9.47 Å². The van der Waals surface area contributed by atoms with Crippen molar-refractivity contribution in [1.29, 1.82) is 0 Å². The maximum Gasteiger partial charge on any atom is 0.514 e. The van der Waals surface area contributed by atoms with Gasteiger partial charge in [-0.15, -0.1) is 0 Å². The van der Waals surface area contributed by atoms with Crippen molar-refractivity contribution in [2.45, 2.75) is 85.2 Å². The van der Waals surface area contributed by atoms with Crippen molar-refractivity contribution >= 4 is 17.5 Å². The summed E-state index contributed by atoms with van der Waals surface area (Å²) in [5.74, 6) is 1.89. The van der Waals surface area contributed by atoms with Crippen LogP contribution in [0.2, 0.25) is 0 Å². The van der Waals surface area contributed by atoms with Crippen LogP contribution in [-0.4, -0.2) is 12.3 Å². The number of benzene rings is 2. The summed E-state index contributed by atoms with van der Waals surface area (Å²) in [5, 5.41) is 8.62. The van der Waals surface area contributed by atoms with Crippen LogP contribution in [0.5, 0.6) is 5.75 Å². The third-order valence-corrected chi connectivity index (χ3v) is 6.78. The van der Waals surface area contributed by atoms with Gasteiger partial charge in [0, 0.05) is 0 Å². The topological polar surface area (TPSA) is 60.2 Å². The molecule has 184 valence electrons. The summed E-state index contributed by atoms with van der Waals surface area (Å²) in [5.41, 5.74) is 2.86. The molecule has 3 atom stereocenters. The summed E-state index contributed by atoms with van der Waals surface area (Å²) in [4.78, 5) is 12.4. The first-order chi connectivity index (χ1) is 16.4. The van der Waals surface area contributed by atoms with Gasteiger partial charge in [-0.2, -0.15) is 10.2 Å². The van der Waals surface area contributed by atoms with Crippen molar-refractivity contribution in [3.63, 3.8) is 0 Å². The molecule has 2 aromatic rings. The summed E-state index contributed by atoms with van der Waals surface area (Å²) in [6.45, 7) is 8.83. The molecule has 3 rings (SSSR count). The number of carbonyl (C=O) groups excluding carboxylic acids is 1. The zero-order valence-corrected chi connectivity index (χ0v) is 21.2. The van der Waals surface area contributed by atoms with Crippen LogP contribution in [0.1, 0.15) is 78.2 Å². The molecular weight excluding hydrogens is 424 g/mol. The molecule has 1 aliphatic carbocycles. The number of carbonyl (C=O) groups is 1. The predicted molar refractivity (Wildman–Crippen MR) is 137 cm³/mol. The molecule has 0 amide bonds. The van der Waals surface area contributed by atoms with Gasteiger partial charge in [0.1, 0.15) is 11.9 Å². The van der Waals surface area contributed by atoms with E-state index in [1.807, 2.05) is 12.1 Å². The van der Waals surface area contributed by atoms with Gasteiger partial charge in [0.25, 0.3) is 0 Å². The maximum absolute atomic E-state index is 12.4. The molecule has 1 saturated carbocycles. The van der Waals surface area contributed by atoms with Crippen molar-refractivity contribution in [2.24, 2.45) is 28.0 Å². The Bertz CT molecular complexity index is 906. The van der Waals surface area contributed by atoms with E-state index in [0.717, 1.165) is 24.9 Å². The highest BCUT2D eigenvalue weighted by atomic mass is 16.7. The summed E-state index contributed by atoms with van der Waals surface area (Å²) >= 11 is 0. The lowest BCUT2D eigenvalue weighted by Gasteiger charge is -2.36. The maximum atomic E-state index is 12.4. The molecule has 0 aromatic heterocycles. The average molecular weight is 465 g/mol. The Morgan fingerprint density at radius 1 is 0.941 bits per heavy atom. The minimum Gasteiger partial charge on any atom is -0.430 e. The first-order valence-electron chi connectivity index (χ1n) is 12.9. The molecule has 0 saturated heterocycles. The lowest BCUT2D eigenvalue weighted by atomic mass is 9.75. The fraction of sp³-hybridized carbons (Fsp3) is 0.552. The van der Waals surface area contributed by atoms with Crippen LogP contribution in [0.3, 0.4) is 0 Å². The quantitative estimate of drug-likeness (QED) is 0.152. The Hall–Kier alpha value is -2.69. The second-order valence-electron chi connectivity index (χ2n) is 10.0. The minimum atomic E-state index is -0.631. The van der Waals surface area contributed by atoms with E-state index in [9.17, 15) is 4.79 Å². The van der Waals surface area contributed by atoms with Gasteiger partial charge in [0.05, 0.1) is 11.4 Å². The summed E-state index contributed by atoms with van der Waals surface area (Å²) in [6.07, 6.45) is 8.67.